The van der Waals surface area contributed by atoms with Crippen LogP contribution in [0.4, 0.5) is 13.2 Å². The molecule has 130 valence electrons. The number of nitrogens with zero attached hydrogens (tertiary/aromatic N) is 2. The number of hydrogen-bond acceptors (Lipinski definition) is 1. The summed E-state index contributed by atoms with van der Waals surface area (Å²) in [6.07, 6.45) is -4.54. The minimum absolute atomic E-state index is 0.317. The molecule has 0 aliphatic carbocycles. The fourth-order valence-electron chi connectivity index (χ4n) is 3.03. The number of fused-ring (bicyclic) bond motifs is 1. The number of aromatic nitrogens is 2. The highest BCUT2D eigenvalue weighted by atomic mass is 19.4. The molecule has 1 heterocycles. The first-order chi connectivity index (χ1) is 12.4. The Morgan fingerprint density at radius 3 is 2.15 bits per heavy atom. The summed E-state index contributed by atoms with van der Waals surface area (Å²) in [7, 11) is 0. The molecule has 0 aliphatic rings. The third-order valence-electron chi connectivity index (χ3n) is 4.31. The molecule has 4 aromatic rings. The van der Waals surface area contributed by atoms with Crippen molar-refractivity contribution in [3.63, 3.8) is 0 Å². The predicted octanol–water partition coefficient (Wildman–Crippen LogP) is 6.02. The Kier molecular flexibility index (Phi) is 3.80. The smallest absolute Gasteiger partial charge is 0.289 e. The van der Waals surface area contributed by atoms with Gasteiger partial charge in [0.05, 0.1) is 11.0 Å². The third kappa shape index (κ3) is 2.86. The molecule has 0 amide bonds. The molecule has 2 nitrogen and oxygen atoms in total. The molecular weight excluding hydrogens is 337 g/mol. The van der Waals surface area contributed by atoms with E-state index < -0.39 is 12.0 Å². The van der Waals surface area contributed by atoms with Gasteiger partial charge in [-0.05, 0) is 42.3 Å². The lowest BCUT2D eigenvalue weighted by Crippen LogP contribution is -2.13. The summed E-state index contributed by atoms with van der Waals surface area (Å²) in [5.74, 6) is -0.915. The van der Waals surface area contributed by atoms with E-state index in [4.69, 9.17) is 0 Å². The van der Waals surface area contributed by atoms with E-state index in [1.54, 1.807) is 42.5 Å². The van der Waals surface area contributed by atoms with Crippen molar-refractivity contribution in [2.24, 2.45) is 0 Å². The van der Waals surface area contributed by atoms with Gasteiger partial charge in [0, 0.05) is 5.69 Å². The first-order valence-electron chi connectivity index (χ1n) is 8.16. The van der Waals surface area contributed by atoms with Crippen LogP contribution in [-0.2, 0) is 6.18 Å². The van der Waals surface area contributed by atoms with Crippen molar-refractivity contribution >= 4 is 11.0 Å². The highest BCUT2D eigenvalue weighted by Gasteiger charge is 2.38. The number of halogens is 3. The molecular formula is C21H15F3N2. The number of imidazole rings is 1. The third-order valence-corrected chi connectivity index (χ3v) is 4.31. The lowest BCUT2D eigenvalue weighted by molar-refractivity contribution is -0.145. The zero-order chi connectivity index (χ0) is 18.3. The Labute approximate surface area is 148 Å². The Morgan fingerprint density at radius 2 is 1.50 bits per heavy atom. The molecule has 0 N–H and O–H groups in total. The van der Waals surface area contributed by atoms with E-state index >= 15 is 0 Å². The predicted molar refractivity (Wildman–Crippen MR) is 96.2 cm³/mol. The van der Waals surface area contributed by atoms with Crippen molar-refractivity contribution in [3.8, 4) is 16.8 Å². The standard InChI is InChI=1S/C21H15F3N2/c1-14-7-10-17(11-8-14)26-19-13-16(15-5-3-2-4-6-15)9-12-18(19)25-20(26)21(22,23)24/h2-13H,1H3. The first-order valence-corrected chi connectivity index (χ1v) is 8.16. The van der Waals surface area contributed by atoms with Crippen LogP contribution in [0.5, 0.6) is 0 Å². The van der Waals surface area contributed by atoms with Crippen LogP contribution >= 0.6 is 0 Å². The fourth-order valence-corrected chi connectivity index (χ4v) is 3.03. The number of benzene rings is 3. The van der Waals surface area contributed by atoms with Crippen LogP contribution in [0.2, 0.25) is 0 Å². The number of rotatable bonds is 2. The molecule has 3 aromatic carbocycles. The number of hydrogen-bond donors (Lipinski definition) is 0. The van der Waals surface area contributed by atoms with Crippen LogP contribution < -0.4 is 0 Å². The van der Waals surface area contributed by atoms with E-state index in [1.807, 2.05) is 37.3 Å². The molecule has 0 saturated carbocycles. The summed E-state index contributed by atoms with van der Waals surface area (Å²) in [6, 6.07) is 21.7. The van der Waals surface area contributed by atoms with Crippen molar-refractivity contribution in [1.29, 1.82) is 0 Å². The molecule has 0 aliphatic heterocycles. The second-order valence-electron chi connectivity index (χ2n) is 6.17. The average molecular weight is 352 g/mol. The molecule has 0 unspecified atom stereocenters. The van der Waals surface area contributed by atoms with E-state index in [0.29, 0.717) is 16.7 Å². The van der Waals surface area contributed by atoms with Gasteiger partial charge >= 0.3 is 6.18 Å². The fraction of sp³-hybridized carbons (Fsp3) is 0.0952. The molecule has 26 heavy (non-hydrogen) atoms. The summed E-state index contributed by atoms with van der Waals surface area (Å²) in [4.78, 5) is 3.86. The molecule has 5 heteroatoms. The summed E-state index contributed by atoms with van der Waals surface area (Å²) in [6.45, 7) is 1.90. The zero-order valence-electron chi connectivity index (χ0n) is 14.0. The van der Waals surface area contributed by atoms with Gasteiger partial charge < -0.3 is 0 Å². The number of alkyl halides is 3. The first kappa shape index (κ1) is 16.4. The van der Waals surface area contributed by atoms with Gasteiger partial charge in [-0.1, -0.05) is 54.1 Å². The summed E-state index contributed by atoms with van der Waals surface area (Å²) >= 11 is 0. The van der Waals surface area contributed by atoms with Gasteiger partial charge in [-0.15, -0.1) is 0 Å². The van der Waals surface area contributed by atoms with Crippen LogP contribution in [0.15, 0.2) is 72.8 Å². The van der Waals surface area contributed by atoms with Crippen LogP contribution in [0.25, 0.3) is 27.8 Å². The van der Waals surface area contributed by atoms with Gasteiger partial charge in [-0.2, -0.15) is 13.2 Å². The van der Waals surface area contributed by atoms with Crippen LogP contribution in [0.3, 0.4) is 0 Å². The Bertz CT molecular complexity index is 1060. The van der Waals surface area contributed by atoms with Crippen molar-refractivity contribution in [1.82, 2.24) is 9.55 Å². The van der Waals surface area contributed by atoms with Gasteiger partial charge in [-0.3, -0.25) is 4.57 Å². The summed E-state index contributed by atoms with van der Waals surface area (Å²) in [5.41, 5.74) is 3.96. The molecule has 4 rings (SSSR count). The lowest BCUT2D eigenvalue weighted by Gasteiger charge is -2.12. The maximum Gasteiger partial charge on any atom is 0.450 e. The Balaban J connectivity index is 2.00. The van der Waals surface area contributed by atoms with E-state index in [2.05, 4.69) is 4.98 Å². The van der Waals surface area contributed by atoms with Gasteiger partial charge in [-0.25, -0.2) is 4.98 Å². The quantitative estimate of drug-likeness (QED) is 0.431. The molecule has 0 bridgehead atoms. The minimum Gasteiger partial charge on any atom is -0.289 e. The van der Waals surface area contributed by atoms with Crippen molar-refractivity contribution < 1.29 is 13.2 Å². The Morgan fingerprint density at radius 1 is 0.808 bits per heavy atom. The van der Waals surface area contributed by atoms with Crippen LogP contribution in [0.1, 0.15) is 11.4 Å². The zero-order valence-corrected chi connectivity index (χ0v) is 14.0. The van der Waals surface area contributed by atoms with Crippen molar-refractivity contribution in [2.45, 2.75) is 13.1 Å². The summed E-state index contributed by atoms with van der Waals surface area (Å²) in [5, 5.41) is 0. The highest BCUT2D eigenvalue weighted by Crippen LogP contribution is 2.35. The monoisotopic (exact) mass is 352 g/mol. The van der Waals surface area contributed by atoms with Crippen molar-refractivity contribution in [2.75, 3.05) is 0 Å². The van der Waals surface area contributed by atoms with E-state index in [-0.39, 0.29) is 0 Å². The van der Waals surface area contributed by atoms with Gasteiger partial charge in [0.15, 0.2) is 0 Å². The highest BCUT2D eigenvalue weighted by molar-refractivity contribution is 5.84. The molecule has 0 fully saturated rings. The van der Waals surface area contributed by atoms with Gasteiger partial charge in [0.2, 0.25) is 5.82 Å². The molecule has 1 aromatic heterocycles. The maximum absolute atomic E-state index is 13.6. The molecule has 0 radical (unpaired) electrons. The van der Waals surface area contributed by atoms with Gasteiger partial charge in [0.1, 0.15) is 0 Å². The molecule has 0 saturated heterocycles. The van der Waals surface area contributed by atoms with E-state index in [1.165, 1.54) is 4.57 Å². The number of aryl methyl sites for hydroxylation is 1. The SMILES string of the molecule is Cc1ccc(-n2c(C(F)(F)F)nc3ccc(-c4ccccc4)cc32)cc1. The lowest BCUT2D eigenvalue weighted by atomic mass is 10.1. The van der Waals surface area contributed by atoms with Gasteiger partial charge in [0.25, 0.3) is 0 Å². The van der Waals surface area contributed by atoms with Crippen LogP contribution in [0, 0.1) is 6.92 Å². The minimum atomic E-state index is -4.54. The Hall–Kier alpha value is -3.08. The molecule has 0 atom stereocenters. The van der Waals surface area contributed by atoms with E-state index in [0.717, 1.165) is 16.7 Å². The second-order valence-corrected chi connectivity index (χ2v) is 6.17. The molecule has 0 spiro atoms. The summed E-state index contributed by atoms with van der Waals surface area (Å²) < 4.78 is 42.0. The largest absolute Gasteiger partial charge is 0.450 e. The topological polar surface area (TPSA) is 17.8 Å². The van der Waals surface area contributed by atoms with E-state index in [9.17, 15) is 13.2 Å². The normalized spacial score (nSPS) is 11.8. The average Bonchev–Trinajstić information content (AvgIpc) is 3.02. The second kappa shape index (κ2) is 6.02. The van der Waals surface area contributed by atoms with Crippen molar-refractivity contribution in [3.05, 3.63) is 84.2 Å². The van der Waals surface area contributed by atoms with Crippen LogP contribution in [-0.4, -0.2) is 9.55 Å². The maximum atomic E-state index is 13.6.